The monoisotopic (exact) mass is 495 g/mol. The van der Waals surface area contributed by atoms with Crippen molar-refractivity contribution in [3.05, 3.63) is 48.0 Å². The number of rotatable bonds is 9. The fraction of sp³-hybridized carbons (Fsp3) is 0.348. The molecule has 1 unspecified atom stereocenters. The van der Waals surface area contributed by atoms with Crippen molar-refractivity contribution in [2.75, 3.05) is 25.1 Å². The maximum absolute atomic E-state index is 13.1. The summed E-state index contributed by atoms with van der Waals surface area (Å²) in [6.07, 6.45) is -4.86. The van der Waals surface area contributed by atoms with Crippen molar-refractivity contribution in [2.45, 2.75) is 32.7 Å². The molecule has 12 heteroatoms. The topological polar surface area (TPSA) is 106 Å². The first-order valence-electron chi connectivity index (χ1n) is 10.7. The summed E-state index contributed by atoms with van der Waals surface area (Å²) < 4.78 is 52.0. The van der Waals surface area contributed by atoms with Crippen molar-refractivity contribution in [1.82, 2.24) is 10.2 Å². The van der Waals surface area contributed by atoms with E-state index in [2.05, 4.69) is 15.4 Å². The molecule has 0 spiro atoms. The molecule has 1 aliphatic heterocycles. The number of urea groups is 1. The zero-order valence-electron chi connectivity index (χ0n) is 19.2. The van der Waals surface area contributed by atoms with Crippen LogP contribution in [0.3, 0.4) is 0 Å². The number of carbonyl (C=O) groups is 3. The molecule has 3 rings (SSSR count). The first-order valence-corrected chi connectivity index (χ1v) is 10.7. The molecule has 4 amide bonds. The van der Waals surface area contributed by atoms with Crippen LogP contribution in [0.25, 0.3) is 0 Å². The molecule has 188 valence electrons. The second-order valence-electron chi connectivity index (χ2n) is 7.59. The molecular weight excluding hydrogens is 471 g/mol. The number of hydrogen-bond donors (Lipinski definition) is 2. The van der Waals surface area contributed by atoms with E-state index in [1.165, 1.54) is 19.1 Å². The van der Waals surface area contributed by atoms with Crippen molar-refractivity contribution in [3.8, 4) is 17.2 Å². The number of nitrogens with one attached hydrogen (secondary N) is 2. The van der Waals surface area contributed by atoms with Gasteiger partial charge >= 0.3 is 12.4 Å². The number of anilines is 1. The third kappa shape index (κ3) is 5.94. The molecule has 1 saturated heterocycles. The van der Waals surface area contributed by atoms with Gasteiger partial charge in [0.2, 0.25) is 5.91 Å². The Morgan fingerprint density at radius 2 is 1.66 bits per heavy atom. The van der Waals surface area contributed by atoms with E-state index in [1.807, 2.05) is 0 Å². The Morgan fingerprint density at radius 3 is 2.26 bits per heavy atom. The molecule has 2 aromatic carbocycles. The fourth-order valence-electron chi connectivity index (χ4n) is 3.50. The molecule has 0 saturated carbocycles. The van der Waals surface area contributed by atoms with E-state index >= 15 is 0 Å². The van der Waals surface area contributed by atoms with E-state index in [4.69, 9.17) is 9.47 Å². The summed E-state index contributed by atoms with van der Waals surface area (Å²) in [6.45, 7) is 5.13. The molecule has 0 aliphatic carbocycles. The Morgan fingerprint density at radius 1 is 1.03 bits per heavy atom. The molecule has 1 atom stereocenters. The molecule has 2 N–H and O–H groups in total. The van der Waals surface area contributed by atoms with Gasteiger partial charge in [0.1, 0.15) is 29.3 Å². The Labute approximate surface area is 199 Å². The van der Waals surface area contributed by atoms with Gasteiger partial charge in [0.05, 0.1) is 18.9 Å². The number of alkyl halides is 3. The Balaban J connectivity index is 1.74. The van der Waals surface area contributed by atoms with Gasteiger partial charge in [-0.2, -0.15) is 0 Å². The van der Waals surface area contributed by atoms with Crippen LogP contribution in [0.5, 0.6) is 17.2 Å². The fourth-order valence-corrected chi connectivity index (χ4v) is 3.50. The lowest BCUT2D eigenvalue weighted by Gasteiger charge is -2.22. The van der Waals surface area contributed by atoms with Gasteiger partial charge in [0, 0.05) is 6.07 Å². The zero-order valence-corrected chi connectivity index (χ0v) is 19.2. The minimum atomic E-state index is -4.86. The van der Waals surface area contributed by atoms with Crippen LogP contribution in [0.1, 0.15) is 26.3 Å². The predicted molar refractivity (Wildman–Crippen MR) is 118 cm³/mol. The van der Waals surface area contributed by atoms with Gasteiger partial charge < -0.3 is 24.8 Å². The largest absolute Gasteiger partial charge is 0.573 e. The first kappa shape index (κ1) is 25.7. The van der Waals surface area contributed by atoms with E-state index in [-0.39, 0.29) is 5.56 Å². The Kier molecular flexibility index (Phi) is 7.42. The van der Waals surface area contributed by atoms with Crippen molar-refractivity contribution in [2.24, 2.45) is 0 Å². The summed E-state index contributed by atoms with van der Waals surface area (Å²) in [4.78, 5) is 39.0. The highest BCUT2D eigenvalue weighted by Crippen LogP contribution is 2.32. The lowest BCUT2D eigenvalue weighted by molar-refractivity contribution is -0.274. The molecule has 9 nitrogen and oxygen atoms in total. The van der Waals surface area contributed by atoms with Crippen molar-refractivity contribution in [3.63, 3.8) is 0 Å². The second kappa shape index (κ2) is 10.1. The van der Waals surface area contributed by atoms with Gasteiger partial charge in [-0.05, 0) is 50.6 Å². The number of ether oxygens (including phenoxy) is 3. The van der Waals surface area contributed by atoms with E-state index in [0.717, 1.165) is 17.0 Å². The van der Waals surface area contributed by atoms with Gasteiger partial charge in [-0.15, -0.1) is 13.2 Å². The van der Waals surface area contributed by atoms with Gasteiger partial charge in [0.25, 0.3) is 5.91 Å². The number of carbonyl (C=O) groups excluding carboxylic acids is 3. The lowest BCUT2D eigenvalue weighted by atomic mass is 9.92. The molecule has 0 radical (unpaired) electrons. The average molecular weight is 495 g/mol. The quantitative estimate of drug-likeness (QED) is 0.513. The number of benzene rings is 2. The third-order valence-corrected chi connectivity index (χ3v) is 5.08. The zero-order chi connectivity index (χ0) is 25.8. The highest BCUT2D eigenvalue weighted by molar-refractivity contribution is 6.10. The Hall–Kier alpha value is -3.96. The lowest BCUT2D eigenvalue weighted by Crippen LogP contribution is -2.42. The molecule has 1 fully saturated rings. The predicted octanol–water partition coefficient (Wildman–Crippen LogP) is 3.79. The van der Waals surface area contributed by atoms with Gasteiger partial charge in [-0.3, -0.25) is 14.5 Å². The molecule has 1 aliphatic rings. The average Bonchev–Trinajstić information content (AvgIpc) is 2.99. The maximum atomic E-state index is 13.1. The standard InChI is InChI=1S/C23H24F3N3O6/c1-4-33-16-10-11-18(34-5-2)17(12-16)27-19(30)13-29-20(31)22(3,28-21(29)32)14-6-8-15(9-7-14)35-23(24,25)26/h6-12H,4-5,13H2,1-3H3,(H,27,30)(H,28,32). The van der Waals surface area contributed by atoms with Crippen LogP contribution in [0.4, 0.5) is 23.7 Å². The van der Waals surface area contributed by atoms with Crippen LogP contribution in [-0.2, 0) is 15.1 Å². The molecule has 0 bridgehead atoms. The summed E-state index contributed by atoms with van der Waals surface area (Å²) in [6, 6.07) is 8.57. The molecule has 35 heavy (non-hydrogen) atoms. The van der Waals surface area contributed by atoms with Crippen molar-refractivity contribution in [1.29, 1.82) is 0 Å². The summed E-state index contributed by atoms with van der Waals surface area (Å²) in [5.41, 5.74) is -1.06. The van der Waals surface area contributed by atoms with Crippen molar-refractivity contribution < 1.29 is 41.8 Å². The number of imide groups is 1. The van der Waals surface area contributed by atoms with Gasteiger partial charge in [0.15, 0.2) is 0 Å². The van der Waals surface area contributed by atoms with E-state index in [9.17, 15) is 27.6 Å². The first-order chi connectivity index (χ1) is 16.5. The second-order valence-corrected chi connectivity index (χ2v) is 7.59. The van der Waals surface area contributed by atoms with Crippen LogP contribution >= 0.6 is 0 Å². The highest BCUT2D eigenvalue weighted by Gasteiger charge is 2.49. The number of nitrogens with zero attached hydrogens (tertiary/aromatic N) is 1. The summed E-state index contributed by atoms with van der Waals surface area (Å²) in [7, 11) is 0. The smallest absolute Gasteiger partial charge is 0.494 e. The Bertz CT molecular complexity index is 1110. The van der Waals surface area contributed by atoms with E-state index < -0.39 is 42.0 Å². The van der Waals surface area contributed by atoms with Gasteiger partial charge in [-0.1, -0.05) is 12.1 Å². The summed E-state index contributed by atoms with van der Waals surface area (Å²) in [5, 5.41) is 5.11. The van der Waals surface area contributed by atoms with Crippen molar-refractivity contribution >= 4 is 23.5 Å². The molecular formula is C23H24F3N3O6. The van der Waals surface area contributed by atoms with Gasteiger partial charge in [-0.25, -0.2) is 4.79 Å². The molecule has 2 aromatic rings. The molecule has 1 heterocycles. The minimum absolute atomic E-state index is 0.219. The van der Waals surface area contributed by atoms with Crippen LogP contribution < -0.4 is 24.8 Å². The summed E-state index contributed by atoms with van der Waals surface area (Å²) in [5.74, 6) is -1.01. The molecule has 0 aromatic heterocycles. The normalized spacial score (nSPS) is 17.7. The highest BCUT2D eigenvalue weighted by atomic mass is 19.4. The minimum Gasteiger partial charge on any atom is -0.494 e. The van der Waals surface area contributed by atoms with E-state index in [0.29, 0.717) is 30.4 Å². The van der Waals surface area contributed by atoms with Crippen LogP contribution in [0.2, 0.25) is 0 Å². The number of hydrogen-bond acceptors (Lipinski definition) is 6. The SMILES string of the molecule is CCOc1ccc(OCC)c(NC(=O)CN2C(=O)NC(C)(c3ccc(OC(F)(F)F)cc3)C2=O)c1. The van der Waals surface area contributed by atoms with Crippen LogP contribution in [0.15, 0.2) is 42.5 Å². The van der Waals surface area contributed by atoms with Crippen LogP contribution in [0, 0.1) is 0 Å². The van der Waals surface area contributed by atoms with Crippen LogP contribution in [-0.4, -0.2) is 48.9 Å². The number of halogens is 3. The maximum Gasteiger partial charge on any atom is 0.573 e. The third-order valence-electron chi connectivity index (χ3n) is 5.08. The number of amides is 4. The van der Waals surface area contributed by atoms with E-state index in [1.54, 1.807) is 32.0 Å². The summed E-state index contributed by atoms with van der Waals surface area (Å²) >= 11 is 0.